The van der Waals surface area contributed by atoms with E-state index in [1.54, 1.807) is 24.1 Å². The Morgan fingerprint density at radius 3 is 2.67 bits per heavy atom. The van der Waals surface area contributed by atoms with Crippen LogP contribution in [0.1, 0.15) is 54.1 Å². The van der Waals surface area contributed by atoms with Gasteiger partial charge >= 0.3 is 0 Å². The van der Waals surface area contributed by atoms with Crippen LogP contribution in [0, 0.1) is 0 Å². The molecule has 0 saturated carbocycles. The van der Waals surface area contributed by atoms with Gasteiger partial charge in [-0.1, -0.05) is 32.9 Å². The van der Waals surface area contributed by atoms with Gasteiger partial charge in [0.25, 0.3) is 5.91 Å². The predicted octanol–water partition coefficient (Wildman–Crippen LogP) is 4.29. The molecule has 0 aliphatic carbocycles. The van der Waals surface area contributed by atoms with Crippen molar-refractivity contribution in [2.75, 3.05) is 18.6 Å². The van der Waals surface area contributed by atoms with E-state index in [0.717, 1.165) is 22.6 Å². The highest BCUT2D eigenvalue weighted by atomic mass is 16.5. The third kappa shape index (κ3) is 2.73. The quantitative estimate of drug-likeness (QED) is 0.916. The lowest BCUT2D eigenvalue weighted by atomic mass is 9.99. The third-order valence-electron chi connectivity index (χ3n) is 4.68. The summed E-state index contributed by atoms with van der Waals surface area (Å²) in [6.45, 7) is 6.84. The van der Waals surface area contributed by atoms with Crippen LogP contribution in [0.2, 0.25) is 0 Å². The van der Waals surface area contributed by atoms with E-state index in [2.05, 4.69) is 20.8 Å². The first-order valence-electron chi connectivity index (χ1n) is 8.25. The molecule has 0 bridgehead atoms. The summed E-state index contributed by atoms with van der Waals surface area (Å²) in [5, 5.41) is 10.2. The summed E-state index contributed by atoms with van der Waals surface area (Å²) in [6.07, 6.45) is 0. The second-order valence-corrected chi connectivity index (χ2v) is 6.67. The number of amides is 1. The van der Waals surface area contributed by atoms with Crippen LogP contribution in [0.3, 0.4) is 0 Å². The van der Waals surface area contributed by atoms with Crippen molar-refractivity contribution in [1.29, 1.82) is 0 Å². The number of benzene rings is 2. The van der Waals surface area contributed by atoms with Crippen LogP contribution < -0.4 is 9.64 Å². The zero-order valence-corrected chi connectivity index (χ0v) is 14.5. The monoisotopic (exact) mass is 325 g/mol. The molecule has 1 amide bonds. The van der Waals surface area contributed by atoms with Crippen molar-refractivity contribution in [3.63, 3.8) is 0 Å². The van der Waals surface area contributed by atoms with Gasteiger partial charge in [-0.15, -0.1) is 0 Å². The van der Waals surface area contributed by atoms with E-state index in [1.807, 2.05) is 24.3 Å². The van der Waals surface area contributed by atoms with Gasteiger partial charge in [-0.25, -0.2) is 0 Å². The fraction of sp³-hybridized carbons (Fsp3) is 0.350. The van der Waals surface area contributed by atoms with Crippen LogP contribution in [0.15, 0.2) is 36.4 Å². The zero-order chi connectivity index (χ0) is 17.4. The molecule has 1 aliphatic rings. The number of fused-ring (bicyclic) bond motifs is 1. The van der Waals surface area contributed by atoms with Crippen LogP contribution >= 0.6 is 0 Å². The lowest BCUT2D eigenvalue weighted by Gasteiger charge is -2.19. The van der Waals surface area contributed by atoms with Gasteiger partial charge in [0.1, 0.15) is 11.5 Å². The van der Waals surface area contributed by atoms with Gasteiger partial charge in [0.05, 0.1) is 18.4 Å². The molecule has 0 aromatic heterocycles. The minimum atomic E-state index is -0.172. The topological polar surface area (TPSA) is 49.8 Å². The molecule has 2 aromatic carbocycles. The molecule has 0 radical (unpaired) electrons. The van der Waals surface area contributed by atoms with Crippen molar-refractivity contribution in [2.45, 2.75) is 32.6 Å². The van der Waals surface area contributed by atoms with Crippen molar-refractivity contribution in [1.82, 2.24) is 0 Å². The van der Waals surface area contributed by atoms with E-state index in [9.17, 15) is 9.90 Å². The van der Waals surface area contributed by atoms with Gasteiger partial charge in [-0.3, -0.25) is 4.79 Å². The molecule has 0 spiro atoms. The van der Waals surface area contributed by atoms with E-state index >= 15 is 0 Å². The number of nitrogens with zero attached hydrogens (tertiary/aromatic N) is 1. The van der Waals surface area contributed by atoms with Crippen LogP contribution in [0.4, 0.5) is 5.69 Å². The number of hydrogen-bond acceptors (Lipinski definition) is 3. The molecule has 0 saturated heterocycles. The van der Waals surface area contributed by atoms with Crippen molar-refractivity contribution < 1.29 is 14.6 Å². The minimum absolute atomic E-state index is 0.0217. The Morgan fingerprint density at radius 2 is 2.00 bits per heavy atom. The smallest absolute Gasteiger partial charge is 0.262 e. The fourth-order valence-electron chi connectivity index (χ4n) is 3.19. The van der Waals surface area contributed by atoms with Crippen LogP contribution in [-0.2, 0) is 0 Å². The Hall–Kier alpha value is -2.49. The Morgan fingerprint density at radius 1 is 1.25 bits per heavy atom. The molecule has 1 atom stereocenters. The number of carbonyl (C=O) groups excluding carboxylic acids is 1. The lowest BCUT2D eigenvalue weighted by Crippen LogP contribution is -2.29. The second-order valence-electron chi connectivity index (χ2n) is 6.67. The fourth-order valence-corrected chi connectivity index (χ4v) is 3.19. The van der Waals surface area contributed by atoms with Crippen molar-refractivity contribution >= 4 is 11.6 Å². The number of phenolic OH excluding ortho intramolecular Hbond substituents is 1. The predicted molar refractivity (Wildman–Crippen MR) is 95.3 cm³/mol. The largest absolute Gasteiger partial charge is 0.507 e. The standard InChI is InChI=1S/C20H23NO3/c1-12(2)14-5-8-19(22)17(9-14)20(23)21-11-13(3)16-7-6-15(24-4)10-18(16)21/h5-10,12-13,22H,11H2,1-4H3. The molecule has 1 heterocycles. The average molecular weight is 325 g/mol. The molecule has 126 valence electrons. The highest BCUT2D eigenvalue weighted by Crippen LogP contribution is 2.40. The van der Waals surface area contributed by atoms with E-state index in [-0.39, 0.29) is 17.6 Å². The maximum atomic E-state index is 13.1. The number of phenols is 1. The number of hydrogen-bond donors (Lipinski definition) is 1. The molecule has 2 aromatic rings. The summed E-state index contributed by atoms with van der Waals surface area (Å²) in [5.74, 6) is 1.12. The number of ether oxygens (including phenoxy) is 1. The summed E-state index contributed by atoms with van der Waals surface area (Å²) in [4.78, 5) is 14.8. The van der Waals surface area contributed by atoms with E-state index < -0.39 is 0 Å². The number of aromatic hydroxyl groups is 1. The molecule has 4 heteroatoms. The Bertz CT molecular complexity index is 782. The van der Waals surface area contributed by atoms with Crippen molar-refractivity contribution in [3.8, 4) is 11.5 Å². The van der Waals surface area contributed by atoms with Gasteiger partial charge in [0.2, 0.25) is 0 Å². The second kappa shape index (κ2) is 6.19. The summed E-state index contributed by atoms with van der Waals surface area (Å²) in [6, 6.07) is 11.1. The first-order valence-corrected chi connectivity index (χ1v) is 8.25. The van der Waals surface area contributed by atoms with Crippen LogP contribution in [-0.4, -0.2) is 24.7 Å². The summed E-state index contributed by atoms with van der Waals surface area (Å²) >= 11 is 0. The molecule has 0 fully saturated rings. The third-order valence-corrected chi connectivity index (χ3v) is 4.68. The Kier molecular flexibility index (Phi) is 4.22. The normalized spacial score (nSPS) is 16.4. The summed E-state index contributed by atoms with van der Waals surface area (Å²) in [7, 11) is 1.62. The number of carbonyl (C=O) groups is 1. The molecule has 1 aliphatic heterocycles. The van der Waals surface area contributed by atoms with E-state index in [1.165, 1.54) is 0 Å². The van der Waals surface area contributed by atoms with Gasteiger partial charge < -0.3 is 14.7 Å². The highest BCUT2D eigenvalue weighted by molar-refractivity contribution is 6.09. The molecule has 1 N–H and O–H groups in total. The van der Waals surface area contributed by atoms with Gasteiger partial charge in [-0.05, 0) is 35.2 Å². The molecule has 24 heavy (non-hydrogen) atoms. The molecular formula is C20H23NO3. The molecule has 3 rings (SSSR count). The maximum absolute atomic E-state index is 13.1. The van der Waals surface area contributed by atoms with Crippen LogP contribution in [0.5, 0.6) is 11.5 Å². The maximum Gasteiger partial charge on any atom is 0.262 e. The van der Waals surface area contributed by atoms with Crippen LogP contribution in [0.25, 0.3) is 0 Å². The van der Waals surface area contributed by atoms with Gasteiger partial charge in [0.15, 0.2) is 0 Å². The summed E-state index contributed by atoms with van der Waals surface area (Å²) < 4.78 is 5.30. The lowest BCUT2D eigenvalue weighted by molar-refractivity contribution is 0.0985. The first kappa shape index (κ1) is 16.4. The first-order chi connectivity index (χ1) is 11.4. The zero-order valence-electron chi connectivity index (χ0n) is 14.5. The highest BCUT2D eigenvalue weighted by Gasteiger charge is 2.32. The van der Waals surface area contributed by atoms with Crippen molar-refractivity contribution in [3.05, 3.63) is 53.1 Å². The Balaban J connectivity index is 2.02. The molecular weight excluding hydrogens is 302 g/mol. The van der Waals surface area contributed by atoms with Gasteiger partial charge in [-0.2, -0.15) is 0 Å². The molecule has 1 unspecified atom stereocenters. The van der Waals surface area contributed by atoms with E-state index in [4.69, 9.17) is 4.74 Å². The van der Waals surface area contributed by atoms with E-state index in [0.29, 0.717) is 18.0 Å². The molecule has 4 nitrogen and oxygen atoms in total. The Labute approximate surface area is 142 Å². The van der Waals surface area contributed by atoms with Gasteiger partial charge in [0, 0.05) is 18.5 Å². The number of methoxy groups -OCH3 is 1. The average Bonchev–Trinajstić information content (AvgIpc) is 2.90. The summed E-state index contributed by atoms with van der Waals surface area (Å²) in [5.41, 5.74) is 3.38. The number of anilines is 1. The minimum Gasteiger partial charge on any atom is -0.507 e. The number of rotatable bonds is 3. The SMILES string of the molecule is COc1ccc2c(c1)N(C(=O)c1cc(C(C)C)ccc1O)CC2C. The van der Waals surface area contributed by atoms with Crippen molar-refractivity contribution in [2.24, 2.45) is 0 Å².